The van der Waals surface area contributed by atoms with Crippen molar-refractivity contribution in [3.8, 4) is 0 Å². The summed E-state index contributed by atoms with van der Waals surface area (Å²) >= 11 is 2.57. The Hall–Kier alpha value is -2.84. The van der Waals surface area contributed by atoms with Gasteiger partial charge < -0.3 is 9.88 Å². The third kappa shape index (κ3) is 4.38. The fraction of sp³-hybridized carbons (Fsp3) is 0.292. The molecule has 3 heterocycles. The van der Waals surface area contributed by atoms with Gasteiger partial charge >= 0.3 is 0 Å². The van der Waals surface area contributed by atoms with Crippen molar-refractivity contribution in [2.75, 3.05) is 0 Å². The van der Waals surface area contributed by atoms with Crippen molar-refractivity contribution < 1.29 is 14.4 Å². The lowest BCUT2D eigenvalue weighted by Crippen LogP contribution is -2.34. The lowest BCUT2D eigenvalue weighted by molar-refractivity contribution is -0.124. The number of benzene rings is 1. The molecule has 1 saturated heterocycles. The van der Waals surface area contributed by atoms with Gasteiger partial charge in [0.1, 0.15) is 6.54 Å². The van der Waals surface area contributed by atoms with E-state index in [0.717, 1.165) is 45.1 Å². The predicted octanol–water partition coefficient (Wildman–Crippen LogP) is 5.03. The normalized spacial score (nSPS) is 15.5. The Morgan fingerprint density at radius 2 is 2.00 bits per heavy atom. The Morgan fingerprint density at radius 1 is 1.19 bits per heavy atom. The highest BCUT2D eigenvalue weighted by Gasteiger charge is 2.36. The molecule has 1 fully saturated rings. The fourth-order valence-electron chi connectivity index (χ4n) is 3.87. The number of thiophene rings is 1. The Balaban J connectivity index is 1.66. The summed E-state index contributed by atoms with van der Waals surface area (Å²) in [5.74, 6) is -0.343. The lowest BCUT2D eigenvalue weighted by atomic mass is 10.1. The van der Waals surface area contributed by atoms with Crippen LogP contribution in [0.2, 0.25) is 0 Å². The van der Waals surface area contributed by atoms with E-state index < -0.39 is 0 Å². The number of rotatable bonds is 7. The van der Waals surface area contributed by atoms with Gasteiger partial charge in [0.2, 0.25) is 5.91 Å². The van der Waals surface area contributed by atoms with Gasteiger partial charge in [-0.15, -0.1) is 11.3 Å². The molecule has 0 saturated carbocycles. The summed E-state index contributed by atoms with van der Waals surface area (Å²) in [7, 11) is 0. The average Bonchev–Trinajstić information content (AvgIpc) is 3.46. The molecular formula is C24H25N3O3S2. The second kappa shape index (κ2) is 9.34. The van der Waals surface area contributed by atoms with Crippen molar-refractivity contribution >= 4 is 57.1 Å². The largest absolute Gasteiger partial charge is 0.350 e. The summed E-state index contributed by atoms with van der Waals surface area (Å²) in [4.78, 5) is 40.5. The van der Waals surface area contributed by atoms with Crippen molar-refractivity contribution in [3.05, 3.63) is 62.8 Å². The number of hydrogen-bond acceptors (Lipinski definition) is 5. The molecule has 166 valence electrons. The number of aryl methyl sites for hydroxylation is 1. The zero-order valence-corrected chi connectivity index (χ0v) is 19.9. The standard InChI is InChI=1S/C24H25N3O3S2/c1-4-16-7-5-9-19-17(11-20-23(29)27(15(2)3)24(30)32-20)13-26(22(16)19)14-21(28)25-12-18-8-6-10-31-18/h5-11,13,15H,4,12,14H2,1-3H3,(H,25,28)/b20-11-. The highest BCUT2D eigenvalue weighted by molar-refractivity contribution is 8.18. The van der Waals surface area contributed by atoms with E-state index in [9.17, 15) is 14.4 Å². The molecule has 0 unspecified atom stereocenters. The Labute approximate surface area is 195 Å². The molecule has 3 aromatic rings. The summed E-state index contributed by atoms with van der Waals surface area (Å²) in [5.41, 5.74) is 2.94. The summed E-state index contributed by atoms with van der Waals surface area (Å²) in [5, 5.41) is 5.68. The third-order valence-corrected chi connectivity index (χ3v) is 7.13. The molecule has 2 aromatic heterocycles. The van der Waals surface area contributed by atoms with E-state index in [1.54, 1.807) is 17.4 Å². The number of thioether (sulfide) groups is 1. The van der Waals surface area contributed by atoms with Crippen LogP contribution in [0.1, 0.15) is 36.8 Å². The average molecular weight is 468 g/mol. The molecule has 3 amide bonds. The van der Waals surface area contributed by atoms with Gasteiger partial charge in [-0.2, -0.15) is 0 Å². The summed E-state index contributed by atoms with van der Waals surface area (Å²) in [6, 6.07) is 9.80. The van der Waals surface area contributed by atoms with Gasteiger partial charge in [0.15, 0.2) is 0 Å². The van der Waals surface area contributed by atoms with Crippen LogP contribution in [-0.4, -0.2) is 32.6 Å². The van der Waals surface area contributed by atoms with E-state index >= 15 is 0 Å². The number of para-hydroxylation sites is 1. The topological polar surface area (TPSA) is 71.4 Å². The van der Waals surface area contributed by atoms with E-state index in [4.69, 9.17) is 0 Å². The molecule has 1 N–H and O–H groups in total. The molecule has 0 radical (unpaired) electrons. The zero-order valence-electron chi connectivity index (χ0n) is 18.3. The van der Waals surface area contributed by atoms with Crippen LogP contribution in [0.15, 0.2) is 46.8 Å². The number of amides is 3. The first-order valence-corrected chi connectivity index (χ1v) is 12.3. The second-order valence-electron chi connectivity index (χ2n) is 7.88. The minimum atomic E-state index is -0.267. The molecule has 1 aliphatic rings. The van der Waals surface area contributed by atoms with Crippen molar-refractivity contribution in [1.29, 1.82) is 0 Å². The van der Waals surface area contributed by atoms with Crippen LogP contribution in [0.5, 0.6) is 0 Å². The number of aromatic nitrogens is 1. The molecule has 0 bridgehead atoms. The maximum atomic E-state index is 12.7. The molecule has 1 aromatic carbocycles. The number of carbonyl (C=O) groups excluding carboxylic acids is 3. The van der Waals surface area contributed by atoms with E-state index in [-0.39, 0.29) is 29.6 Å². The van der Waals surface area contributed by atoms with Gasteiger partial charge in [-0.3, -0.25) is 19.3 Å². The molecule has 6 nitrogen and oxygen atoms in total. The molecule has 32 heavy (non-hydrogen) atoms. The quantitative estimate of drug-likeness (QED) is 0.495. The number of nitrogens with one attached hydrogen (secondary N) is 1. The zero-order chi connectivity index (χ0) is 22.8. The van der Waals surface area contributed by atoms with Crippen LogP contribution in [0.4, 0.5) is 4.79 Å². The van der Waals surface area contributed by atoms with Crippen molar-refractivity contribution in [2.24, 2.45) is 0 Å². The van der Waals surface area contributed by atoms with Gasteiger partial charge in [-0.1, -0.05) is 31.2 Å². The van der Waals surface area contributed by atoms with E-state index in [2.05, 4.69) is 18.3 Å². The Kier molecular flexibility index (Phi) is 6.53. The van der Waals surface area contributed by atoms with Crippen LogP contribution in [0.25, 0.3) is 17.0 Å². The lowest BCUT2D eigenvalue weighted by Gasteiger charge is -2.16. The van der Waals surface area contributed by atoms with Crippen molar-refractivity contribution in [1.82, 2.24) is 14.8 Å². The third-order valence-electron chi connectivity index (χ3n) is 5.37. The summed E-state index contributed by atoms with van der Waals surface area (Å²) in [6.07, 6.45) is 4.49. The fourth-order valence-corrected chi connectivity index (χ4v) is 5.46. The molecular weight excluding hydrogens is 442 g/mol. The maximum absolute atomic E-state index is 12.7. The predicted molar refractivity (Wildman–Crippen MR) is 130 cm³/mol. The van der Waals surface area contributed by atoms with Gasteiger partial charge in [-0.05, 0) is 55.1 Å². The highest BCUT2D eigenvalue weighted by Crippen LogP contribution is 2.35. The minimum absolute atomic E-state index is 0.0760. The Morgan fingerprint density at radius 3 is 2.66 bits per heavy atom. The Bertz CT molecular complexity index is 1210. The van der Waals surface area contributed by atoms with E-state index in [0.29, 0.717) is 11.4 Å². The molecule has 8 heteroatoms. The molecule has 4 rings (SSSR count). The van der Waals surface area contributed by atoms with Crippen molar-refractivity contribution in [2.45, 2.75) is 46.3 Å². The van der Waals surface area contributed by atoms with E-state index in [1.165, 1.54) is 4.90 Å². The molecule has 0 aliphatic carbocycles. The van der Waals surface area contributed by atoms with Crippen LogP contribution >= 0.6 is 23.1 Å². The van der Waals surface area contributed by atoms with Gasteiger partial charge in [0, 0.05) is 28.1 Å². The van der Waals surface area contributed by atoms with Gasteiger partial charge in [0.05, 0.1) is 17.0 Å². The number of fused-ring (bicyclic) bond motifs is 1. The molecule has 1 aliphatic heterocycles. The van der Waals surface area contributed by atoms with Gasteiger partial charge in [0.25, 0.3) is 11.1 Å². The van der Waals surface area contributed by atoms with Crippen LogP contribution in [0.3, 0.4) is 0 Å². The first-order valence-electron chi connectivity index (χ1n) is 10.6. The minimum Gasteiger partial charge on any atom is -0.350 e. The molecule has 0 spiro atoms. The first kappa shape index (κ1) is 22.4. The number of hydrogen-bond donors (Lipinski definition) is 1. The highest BCUT2D eigenvalue weighted by atomic mass is 32.2. The summed E-state index contributed by atoms with van der Waals surface area (Å²) < 4.78 is 1.94. The van der Waals surface area contributed by atoms with E-state index in [1.807, 2.05) is 54.3 Å². The van der Waals surface area contributed by atoms with Gasteiger partial charge in [-0.25, -0.2) is 0 Å². The van der Waals surface area contributed by atoms with Crippen LogP contribution in [0, 0.1) is 0 Å². The first-order chi connectivity index (χ1) is 15.4. The van der Waals surface area contributed by atoms with Crippen molar-refractivity contribution in [3.63, 3.8) is 0 Å². The second-order valence-corrected chi connectivity index (χ2v) is 9.91. The molecule has 0 atom stereocenters. The maximum Gasteiger partial charge on any atom is 0.293 e. The monoisotopic (exact) mass is 467 g/mol. The van der Waals surface area contributed by atoms with Crippen LogP contribution < -0.4 is 5.32 Å². The number of carbonyl (C=O) groups is 3. The van der Waals surface area contributed by atoms with Crippen LogP contribution in [-0.2, 0) is 29.1 Å². The smallest absolute Gasteiger partial charge is 0.293 e. The number of nitrogens with zero attached hydrogens (tertiary/aromatic N) is 2. The number of imide groups is 1. The SMILES string of the molecule is CCc1cccc2c(/C=C3\SC(=O)N(C(C)C)C3=O)cn(CC(=O)NCc3cccs3)c12. The summed E-state index contributed by atoms with van der Waals surface area (Å²) in [6.45, 7) is 6.42.